The molecule has 3 rings (SSSR count). The van der Waals surface area contributed by atoms with Crippen LogP contribution in [0.3, 0.4) is 0 Å². The van der Waals surface area contributed by atoms with E-state index >= 15 is 0 Å². The molecule has 1 aliphatic rings. The van der Waals surface area contributed by atoms with Gasteiger partial charge in [-0.2, -0.15) is 0 Å². The van der Waals surface area contributed by atoms with Gasteiger partial charge >= 0.3 is 0 Å². The summed E-state index contributed by atoms with van der Waals surface area (Å²) in [5, 5.41) is 3.35. The topological polar surface area (TPSA) is 49.6 Å². The number of nitrogens with zero attached hydrogens (tertiary/aromatic N) is 3. The molecule has 1 aliphatic heterocycles. The molecule has 1 fully saturated rings. The fraction of sp³-hybridized carbons (Fsp3) is 0.529. The fourth-order valence-electron chi connectivity index (χ4n) is 3.12. The molecule has 1 saturated heterocycles. The first-order valence-corrected chi connectivity index (χ1v) is 9.08. The predicted octanol–water partition coefficient (Wildman–Crippen LogP) is 2.79. The highest BCUT2D eigenvalue weighted by atomic mass is 79.9. The van der Waals surface area contributed by atoms with Gasteiger partial charge in [-0.1, -0.05) is 13.3 Å². The lowest BCUT2D eigenvalue weighted by atomic mass is 10.2. The number of nitrogens with one attached hydrogen (secondary N) is 1. The number of aryl methyl sites for hydroxylation is 2. The average molecular weight is 379 g/mol. The Kier molecular flexibility index (Phi) is 5.02. The molecule has 6 heteroatoms. The van der Waals surface area contributed by atoms with Crippen molar-refractivity contribution in [2.75, 3.05) is 26.2 Å². The maximum atomic E-state index is 13.2. The number of hydrogen-bond acceptors (Lipinski definition) is 3. The highest BCUT2D eigenvalue weighted by molar-refractivity contribution is 9.10. The van der Waals surface area contributed by atoms with Crippen molar-refractivity contribution < 1.29 is 4.79 Å². The second-order valence-electron chi connectivity index (χ2n) is 6.11. The van der Waals surface area contributed by atoms with Gasteiger partial charge in [0.05, 0.1) is 10.2 Å². The van der Waals surface area contributed by atoms with Gasteiger partial charge < -0.3 is 10.2 Å². The van der Waals surface area contributed by atoms with E-state index in [1.165, 1.54) is 0 Å². The molecular formula is C17H23BrN4O. The molecule has 0 spiro atoms. The van der Waals surface area contributed by atoms with E-state index in [0.29, 0.717) is 0 Å². The highest BCUT2D eigenvalue weighted by Gasteiger charge is 2.25. The zero-order chi connectivity index (χ0) is 16.4. The third kappa shape index (κ3) is 3.28. The smallest absolute Gasteiger partial charge is 0.272 e. The molecule has 0 atom stereocenters. The second kappa shape index (κ2) is 7.01. The van der Waals surface area contributed by atoms with E-state index in [1.807, 2.05) is 28.5 Å². The van der Waals surface area contributed by atoms with E-state index in [2.05, 4.69) is 28.2 Å². The maximum absolute atomic E-state index is 13.2. The van der Waals surface area contributed by atoms with E-state index in [-0.39, 0.29) is 5.91 Å². The Morgan fingerprint density at radius 3 is 3.00 bits per heavy atom. The number of imidazole rings is 1. The Morgan fingerprint density at radius 1 is 1.39 bits per heavy atom. The van der Waals surface area contributed by atoms with Crippen LogP contribution < -0.4 is 5.32 Å². The number of carbonyl (C=O) groups excluding carboxylic acids is 1. The number of pyridine rings is 1. The Balaban J connectivity index is 2.09. The number of fused-ring (bicyclic) bond motifs is 1. The highest BCUT2D eigenvalue weighted by Crippen LogP contribution is 2.24. The molecule has 124 valence electrons. The van der Waals surface area contributed by atoms with Crippen LogP contribution in [0.25, 0.3) is 5.65 Å². The summed E-state index contributed by atoms with van der Waals surface area (Å²) in [6, 6.07) is 2.04. The summed E-state index contributed by atoms with van der Waals surface area (Å²) >= 11 is 3.59. The van der Waals surface area contributed by atoms with E-state index in [9.17, 15) is 4.79 Å². The summed E-state index contributed by atoms with van der Waals surface area (Å²) < 4.78 is 2.90. The van der Waals surface area contributed by atoms with E-state index < -0.39 is 0 Å². The van der Waals surface area contributed by atoms with Gasteiger partial charge in [0, 0.05) is 25.8 Å². The summed E-state index contributed by atoms with van der Waals surface area (Å²) in [5.41, 5.74) is 3.57. The van der Waals surface area contributed by atoms with Crippen molar-refractivity contribution in [1.82, 2.24) is 19.6 Å². The first kappa shape index (κ1) is 16.5. The fourth-order valence-corrected chi connectivity index (χ4v) is 3.76. The number of carbonyl (C=O) groups is 1. The van der Waals surface area contributed by atoms with Crippen LogP contribution in [0.15, 0.2) is 16.7 Å². The molecule has 1 N–H and O–H groups in total. The van der Waals surface area contributed by atoms with Gasteiger partial charge in [-0.05, 0) is 53.9 Å². The Bertz CT molecular complexity index is 717. The van der Waals surface area contributed by atoms with Crippen LogP contribution in [0.2, 0.25) is 0 Å². The van der Waals surface area contributed by atoms with Gasteiger partial charge in [-0.3, -0.25) is 9.20 Å². The first-order chi connectivity index (χ1) is 11.1. The largest absolute Gasteiger partial charge is 0.336 e. The van der Waals surface area contributed by atoms with Gasteiger partial charge in [-0.25, -0.2) is 4.98 Å². The normalized spacial score (nSPS) is 15.9. The Labute approximate surface area is 145 Å². The van der Waals surface area contributed by atoms with Crippen LogP contribution in [-0.2, 0) is 6.42 Å². The quantitative estimate of drug-likeness (QED) is 0.892. The molecule has 0 aromatic carbocycles. The zero-order valence-electron chi connectivity index (χ0n) is 13.7. The Morgan fingerprint density at radius 2 is 2.22 bits per heavy atom. The lowest BCUT2D eigenvalue weighted by Gasteiger charge is -2.20. The van der Waals surface area contributed by atoms with Crippen molar-refractivity contribution in [3.8, 4) is 0 Å². The molecule has 0 bridgehead atoms. The second-order valence-corrected chi connectivity index (χ2v) is 6.97. The van der Waals surface area contributed by atoms with Crippen LogP contribution in [-0.4, -0.2) is 46.4 Å². The predicted molar refractivity (Wildman–Crippen MR) is 95.0 cm³/mol. The minimum Gasteiger partial charge on any atom is -0.336 e. The van der Waals surface area contributed by atoms with Gasteiger partial charge in [0.15, 0.2) is 5.65 Å². The number of amides is 1. The first-order valence-electron chi connectivity index (χ1n) is 8.29. The molecule has 0 saturated carbocycles. The van der Waals surface area contributed by atoms with Crippen molar-refractivity contribution in [2.45, 2.75) is 33.1 Å². The molecule has 3 heterocycles. The van der Waals surface area contributed by atoms with Crippen molar-refractivity contribution in [3.63, 3.8) is 0 Å². The van der Waals surface area contributed by atoms with Crippen molar-refractivity contribution in [3.05, 3.63) is 33.7 Å². The minimum atomic E-state index is 0.0992. The maximum Gasteiger partial charge on any atom is 0.272 e. The summed E-state index contributed by atoms with van der Waals surface area (Å²) in [6.07, 6.45) is 4.80. The van der Waals surface area contributed by atoms with E-state index in [0.717, 1.165) is 72.5 Å². The molecular weight excluding hydrogens is 356 g/mol. The number of hydrogen-bond donors (Lipinski definition) is 1. The zero-order valence-corrected chi connectivity index (χ0v) is 15.3. The SMILES string of the molecule is CCCc1nc2c(Br)cc(C)cn2c1C(=O)N1CCCNCC1. The third-order valence-electron chi connectivity index (χ3n) is 4.20. The van der Waals surface area contributed by atoms with Gasteiger partial charge in [0.2, 0.25) is 0 Å². The molecule has 5 nitrogen and oxygen atoms in total. The number of rotatable bonds is 3. The molecule has 0 unspecified atom stereocenters. The molecule has 0 radical (unpaired) electrons. The summed E-state index contributed by atoms with van der Waals surface area (Å²) in [5.74, 6) is 0.0992. The lowest BCUT2D eigenvalue weighted by molar-refractivity contribution is 0.0758. The van der Waals surface area contributed by atoms with E-state index in [1.54, 1.807) is 0 Å². The van der Waals surface area contributed by atoms with Crippen molar-refractivity contribution >= 4 is 27.5 Å². The van der Waals surface area contributed by atoms with Crippen LogP contribution in [0.1, 0.15) is 41.5 Å². The lowest BCUT2D eigenvalue weighted by Crippen LogP contribution is -2.35. The van der Waals surface area contributed by atoms with Crippen LogP contribution in [0.4, 0.5) is 0 Å². The van der Waals surface area contributed by atoms with E-state index in [4.69, 9.17) is 4.98 Å². The van der Waals surface area contributed by atoms with Gasteiger partial charge in [0.1, 0.15) is 5.69 Å². The van der Waals surface area contributed by atoms with Gasteiger partial charge in [-0.15, -0.1) is 0 Å². The molecule has 23 heavy (non-hydrogen) atoms. The summed E-state index contributed by atoms with van der Waals surface area (Å²) in [7, 11) is 0. The monoisotopic (exact) mass is 378 g/mol. The van der Waals surface area contributed by atoms with Crippen LogP contribution in [0, 0.1) is 6.92 Å². The Hall–Kier alpha value is -1.40. The minimum absolute atomic E-state index is 0.0992. The van der Waals surface area contributed by atoms with Crippen LogP contribution >= 0.6 is 15.9 Å². The van der Waals surface area contributed by atoms with Gasteiger partial charge in [0.25, 0.3) is 5.91 Å². The van der Waals surface area contributed by atoms with Crippen molar-refractivity contribution in [1.29, 1.82) is 0 Å². The average Bonchev–Trinajstić information content (AvgIpc) is 2.71. The summed E-state index contributed by atoms with van der Waals surface area (Å²) in [6.45, 7) is 7.54. The number of halogens is 1. The molecule has 2 aromatic rings. The van der Waals surface area contributed by atoms with Crippen molar-refractivity contribution in [2.24, 2.45) is 0 Å². The number of aromatic nitrogens is 2. The standard InChI is InChI=1S/C17H23BrN4O/c1-3-5-14-15(17(23)21-8-4-6-19-7-9-21)22-11-12(2)10-13(18)16(22)20-14/h10-11,19H,3-9H2,1-2H3. The molecule has 1 amide bonds. The molecule has 2 aromatic heterocycles. The third-order valence-corrected chi connectivity index (χ3v) is 4.78. The summed E-state index contributed by atoms with van der Waals surface area (Å²) in [4.78, 5) is 19.9. The molecule has 0 aliphatic carbocycles. The van der Waals surface area contributed by atoms with Crippen LogP contribution in [0.5, 0.6) is 0 Å².